The minimum Gasteiger partial charge on any atom is -0.462 e. The standard InChI is InChI=1S/C89H174O17P2/c1-5-9-13-17-21-25-28-31-34-37-40-41-42-45-48-51-54-57-60-64-68-72-76-89(94)106-85(80-100-87(92)74-70-66-62-58-55-52-49-46-43-38-35-32-29-26-22-18-14-10-6-2)82-104-108(97,98)102-78-83(90)77-101-107(95,96)103-81-84(79-99-86(91)73-69-65-61-24-20-16-12-8-4)105-88(93)75-71-67-63-59-56-53-50-47-44-39-36-33-30-27-23-19-15-11-7-3/h83-85,90H,5-82H2,1-4H3,(H,95,96)(H,97,98)/t83-,84+,85+/m0/s1. The molecule has 0 fully saturated rings. The molecular formula is C89H174O17P2. The molecule has 0 aromatic rings. The number of phosphoric ester groups is 2. The number of hydrogen-bond acceptors (Lipinski definition) is 15. The van der Waals surface area contributed by atoms with Gasteiger partial charge in [-0.15, -0.1) is 0 Å². The number of aliphatic hydroxyl groups is 1. The van der Waals surface area contributed by atoms with E-state index in [0.717, 1.165) is 89.9 Å². The van der Waals surface area contributed by atoms with E-state index in [1.807, 2.05) is 0 Å². The molecule has 2 unspecified atom stereocenters. The maximum absolute atomic E-state index is 13.2. The first kappa shape index (κ1) is 106. The van der Waals surface area contributed by atoms with Gasteiger partial charge in [0.15, 0.2) is 12.2 Å². The summed E-state index contributed by atoms with van der Waals surface area (Å²) in [5.41, 5.74) is 0. The van der Waals surface area contributed by atoms with Gasteiger partial charge in [-0.25, -0.2) is 9.13 Å². The van der Waals surface area contributed by atoms with Crippen molar-refractivity contribution in [3.63, 3.8) is 0 Å². The monoisotopic (exact) mass is 1580 g/mol. The summed E-state index contributed by atoms with van der Waals surface area (Å²) in [5.74, 6) is -2.10. The highest BCUT2D eigenvalue weighted by atomic mass is 31.2. The Morgan fingerprint density at radius 3 is 0.546 bits per heavy atom. The van der Waals surface area contributed by atoms with Gasteiger partial charge in [-0.1, -0.05) is 439 Å². The third kappa shape index (κ3) is 82.1. The zero-order valence-corrected chi connectivity index (χ0v) is 72.6. The van der Waals surface area contributed by atoms with Crippen LogP contribution in [0.3, 0.4) is 0 Å². The van der Waals surface area contributed by atoms with Crippen molar-refractivity contribution >= 4 is 39.5 Å². The number of carbonyl (C=O) groups is 4. The number of hydrogen-bond donors (Lipinski definition) is 3. The molecule has 0 aliphatic heterocycles. The fourth-order valence-electron chi connectivity index (χ4n) is 14.1. The number of ether oxygens (including phenoxy) is 4. The van der Waals surface area contributed by atoms with E-state index in [-0.39, 0.29) is 25.7 Å². The molecule has 19 heteroatoms. The normalized spacial score (nSPS) is 13.7. The van der Waals surface area contributed by atoms with Gasteiger partial charge in [-0.3, -0.25) is 37.3 Å². The molecule has 0 spiro atoms. The Hall–Kier alpha value is -1.94. The van der Waals surface area contributed by atoms with Crippen LogP contribution in [0.1, 0.15) is 490 Å². The lowest BCUT2D eigenvalue weighted by Crippen LogP contribution is -2.30. The van der Waals surface area contributed by atoms with Crippen LogP contribution in [0, 0.1) is 0 Å². The quantitative estimate of drug-likeness (QED) is 0.0222. The summed E-state index contributed by atoms with van der Waals surface area (Å²) in [4.78, 5) is 73.2. The van der Waals surface area contributed by atoms with E-state index < -0.39 is 97.5 Å². The largest absolute Gasteiger partial charge is 0.472 e. The summed E-state index contributed by atoms with van der Waals surface area (Å²) < 4.78 is 68.9. The molecule has 0 radical (unpaired) electrons. The summed E-state index contributed by atoms with van der Waals surface area (Å²) >= 11 is 0. The molecule has 0 saturated heterocycles. The van der Waals surface area contributed by atoms with E-state index in [4.69, 9.17) is 37.0 Å². The van der Waals surface area contributed by atoms with E-state index in [2.05, 4.69) is 27.7 Å². The summed E-state index contributed by atoms with van der Waals surface area (Å²) in [6.45, 7) is 5.05. The van der Waals surface area contributed by atoms with Crippen molar-refractivity contribution in [1.82, 2.24) is 0 Å². The zero-order valence-electron chi connectivity index (χ0n) is 70.8. The molecule has 17 nitrogen and oxygen atoms in total. The fraction of sp³-hybridized carbons (Fsp3) is 0.955. The SMILES string of the molecule is CCCCCCCCCCCCCCCCCCCCCCCCC(=O)O[C@H](COC(=O)CCCCCCCCCCCCCCCCCCCCC)COP(=O)(O)OC[C@@H](O)COP(=O)(O)OC[C@@H](COC(=O)CCCCCCCCCC)OC(=O)CCCCCCCCCCCCCCCCCCCCC. The lowest BCUT2D eigenvalue weighted by Gasteiger charge is -2.21. The van der Waals surface area contributed by atoms with Crippen molar-refractivity contribution < 1.29 is 80.2 Å². The molecule has 642 valence electrons. The highest BCUT2D eigenvalue weighted by Gasteiger charge is 2.30. The highest BCUT2D eigenvalue weighted by molar-refractivity contribution is 7.47. The van der Waals surface area contributed by atoms with Gasteiger partial charge in [0.25, 0.3) is 0 Å². The fourth-order valence-corrected chi connectivity index (χ4v) is 15.6. The predicted molar refractivity (Wildman–Crippen MR) is 446 cm³/mol. The van der Waals surface area contributed by atoms with Crippen molar-refractivity contribution in [2.45, 2.75) is 508 Å². The first-order chi connectivity index (χ1) is 52.7. The van der Waals surface area contributed by atoms with Crippen LogP contribution in [0.15, 0.2) is 0 Å². The van der Waals surface area contributed by atoms with E-state index in [1.54, 1.807) is 0 Å². The van der Waals surface area contributed by atoms with E-state index in [0.29, 0.717) is 25.7 Å². The van der Waals surface area contributed by atoms with Gasteiger partial charge in [0, 0.05) is 25.7 Å². The topological polar surface area (TPSA) is 237 Å². The third-order valence-electron chi connectivity index (χ3n) is 21.1. The highest BCUT2D eigenvalue weighted by Crippen LogP contribution is 2.45. The molecule has 0 bridgehead atoms. The van der Waals surface area contributed by atoms with Gasteiger partial charge < -0.3 is 33.8 Å². The zero-order chi connectivity index (χ0) is 78.9. The number of aliphatic hydroxyl groups excluding tert-OH is 1. The van der Waals surface area contributed by atoms with Crippen LogP contribution in [0.2, 0.25) is 0 Å². The Balaban J connectivity index is 5.16. The molecule has 5 atom stereocenters. The van der Waals surface area contributed by atoms with Crippen molar-refractivity contribution in [1.29, 1.82) is 0 Å². The van der Waals surface area contributed by atoms with E-state index >= 15 is 0 Å². The Kier molecular flexibility index (Phi) is 81.5. The molecule has 0 saturated carbocycles. The van der Waals surface area contributed by atoms with Crippen molar-refractivity contribution in [2.75, 3.05) is 39.6 Å². The van der Waals surface area contributed by atoms with Crippen LogP contribution >= 0.6 is 15.6 Å². The van der Waals surface area contributed by atoms with Crippen molar-refractivity contribution in [3.05, 3.63) is 0 Å². The molecule has 0 aliphatic rings. The maximum Gasteiger partial charge on any atom is 0.472 e. The Bertz CT molecular complexity index is 2030. The second-order valence-electron chi connectivity index (χ2n) is 32.0. The molecule has 0 aliphatic carbocycles. The minimum atomic E-state index is -4.97. The van der Waals surface area contributed by atoms with Crippen LogP contribution in [0.5, 0.6) is 0 Å². The van der Waals surface area contributed by atoms with Crippen LogP contribution in [0.4, 0.5) is 0 Å². The molecule has 0 aromatic carbocycles. The van der Waals surface area contributed by atoms with E-state index in [9.17, 15) is 43.2 Å². The van der Waals surface area contributed by atoms with Gasteiger partial charge in [0.1, 0.15) is 19.3 Å². The Morgan fingerprint density at radius 1 is 0.222 bits per heavy atom. The Morgan fingerprint density at radius 2 is 0.370 bits per heavy atom. The van der Waals surface area contributed by atoms with Crippen molar-refractivity contribution in [3.8, 4) is 0 Å². The molecule has 0 heterocycles. The van der Waals surface area contributed by atoms with Gasteiger partial charge in [-0.05, 0) is 25.7 Å². The lowest BCUT2D eigenvalue weighted by molar-refractivity contribution is -0.161. The van der Waals surface area contributed by atoms with Crippen LogP contribution < -0.4 is 0 Å². The van der Waals surface area contributed by atoms with Crippen LogP contribution in [-0.4, -0.2) is 96.7 Å². The molecule has 3 N–H and O–H groups in total. The summed E-state index contributed by atoms with van der Waals surface area (Å²) in [5, 5.41) is 10.7. The predicted octanol–water partition coefficient (Wildman–Crippen LogP) is 27.7. The lowest BCUT2D eigenvalue weighted by atomic mass is 10.0. The molecule has 0 aromatic heterocycles. The number of rotatable bonds is 90. The summed E-state index contributed by atoms with van der Waals surface area (Å²) in [7, 11) is -9.93. The first-order valence-corrected chi connectivity index (χ1v) is 49.3. The van der Waals surface area contributed by atoms with Gasteiger partial charge in [-0.2, -0.15) is 0 Å². The van der Waals surface area contributed by atoms with Gasteiger partial charge in [0.2, 0.25) is 0 Å². The molecule has 0 rings (SSSR count). The summed E-state index contributed by atoms with van der Waals surface area (Å²) in [6, 6.07) is 0. The maximum atomic E-state index is 13.2. The number of esters is 4. The first-order valence-electron chi connectivity index (χ1n) is 46.3. The van der Waals surface area contributed by atoms with Gasteiger partial charge >= 0.3 is 39.5 Å². The van der Waals surface area contributed by atoms with Crippen molar-refractivity contribution in [2.24, 2.45) is 0 Å². The van der Waals surface area contributed by atoms with Crippen LogP contribution in [0.25, 0.3) is 0 Å². The third-order valence-corrected chi connectivity index (χ3v) is 23.0. The number of unbranched alkanes of at least 4 members (excludes halogenated alkanes) is 64. The second-order valence-corrected chi connectivity index (χ2v) is 34.9. The molecular weight excluding hydrogens is 1400 g/mol. The molecule has 108 heavy (non-hydrogen) atoms. The minimum absolute atomic E-state index is 0.109. The number of carbonyl (C=O) groups excluding carboxylic acids is 4. The summed E-state index contributed by atoms with van der Waals surface area (Å²) in [6.07, 6.45) is 79.5. The van der Waals surface area contributed by atoms with Crippen LogP contribution in [-0.2, 0) is 65.4 Å². The second kappa shape index (κ2) is 83.0. The smallest absolute Gasteiger partial charge is 0.462 e. The number of phosphoric acid groups is 2. The van der Waals surface area contributed by atoms with E-state index in [1.165, 1.54) is 321 Å². The van der Waals surface area contributed by atoms with Gasteiger partial charge in [0.05, 0.1) is 26.4 Å². The average molecular weight is 1580 g/mol. The Labute approximate surface area is 664 Å². The molecule has 0 amide bonds. The average Bonchev–Trinajstić information content (AvgIpc) is 0.898.